The predicted octanol–water partition coefficient (Wildman–Crippen LogP) is 3.23. The van der Waals surface area contributed by atoms with E-state index in [-0.39, 0.29) is 17.4 Å². The second kappa shape index (κ2) is 5.21. The minimum absolute atomic E-state index is 0.0908. The molecule has 0 radical (unpaired) electrons. The summed E-state index contributed by atoms with van der Waals surface area (Å²) in [7, 11) is 0. The van der Waals surface area contributed by atoms with Gasteiger partial charge in [-0.3, -0.25) is 4.79 Å². The lowest BCUT2D eigenvalue weighted by molar-refractivity contribution is -0.131. The van der Waals surface area contributed by atoms with Crippen molar-refractivity contribution in [3.63, 3.8) is 0 Å². The Hall–Kier alpha value is -1.77. The third-order valence-corrected chi connectivity index (χ3v) is 4.55. The van der Waals surface area contributed by atoms with E-state index >= 15 is 0 Å². The van der Waals surface area contributed by atoms with Crippen LogP contribution in [0.4, 0.5) is 5.69 Å². The highest BCUT2D eigenvalue weighted by molar-refractivity contribution is 5.87. The summed E-state index contributed by atoms with van der Waals surface area (Å²) in [4.78, 5) is 14.6. The SMILES string of the molecule is CC(C)(C)C1=CCN(C(=O)[C@@H]2Cc3ccccc3N2)CC1. The van der Waals surface area contributed by atoms with E-state index < -0.39 is 0 Å². The highest BCUT2D eigenvalue weighted by Crippen LogP contribution is 2.31. The van der Waals surface area contributed by atoms with Gasteiger partial charge in [-0.25, -0.2) is 0 Å². The summed E-state index contributed by atoms with van der Waals surface area (Å²) in [6.07, 6.45) is 4.04. The Labute approximate surface area is 127 Å². The maximum Gasteiger partial charge on any atom is 0.245 e. The highest BCUT2D eigenvalue weighted by atomic mass is 16.2. The predicted molar refractivity (Wildman–Crippen MR) is 86.3 cm³/mol. The van der Waals surface area contributed by atoms with Crippen molar-refractivity contribution in [1.29, 1.82) is 0 Å². The number of anilines is 1. The Morgan fingerprint density at radius 3 is 2.67 bits per heavy atom. The van der Waals surface area contributed by atoms with Gasteiger partial charge in [-0.05, 0) is 23.5 Å². The first-order chi connectivity index (χ1) is 9.95. The largest absolute Gasteiger partial charge is 0.373 e. The molecule has 1 amide bonds. The van der Waals surface area contributed by atoms with E-state index in [9.17, 15) is 4.79 Å². The van der Waals surface area contributed by atoms with E-state index in [0.29, 0.717) is 0 Å². The van der Waals surface area contributed by atoms with Crippen LogP contribution in [0.3, 0.4) is 0 Å². The fourth-order valence-electron chi connectivity index (χ4n) is 3.22. The third kappa shape index (κ3) is 2.82. The molecule has 2 aliphatic rings. The Bertz CT molecular complexity index is 558. The number of hydrogen-bond acceptors (Lipinski definition) is 2. The van der Waals surface area contributed by atoms with Crippen LogP contribution in [0.5, 0.6) is 0 Å². The zero-order valence-corrected chi connectivity index (χ0v) is 13.1. The monoisotopic (exact) mass is 284 g/mol. The molecule has 2 aliphatic heterocycles. The number of amides is 1. The molecule has 3 heteroatoms. The molecule has 0 aromatic heterocycles. The van der Waals surface area contributed by atoms with E-state index in [4.69, 9.17) is 0 Å². The van der Waals surface area contributed by atoms with Crippen LogP contribution in [-0.2, 0) is 11.2 Å². The molecule has 3 nitrogen and oxygen atoms in total. The average molecular weight is 284 g/mol. The minimum atomic E-state index is -0.0908. The van der Waals surface area contributed by atoms with Gasteiger partial charge in [0.05, 0.1) is 0 Å². The topological polar surface area (TPSA) is 32.3 Å². The number of nitrogens with zero attached hydrogens (tertiary/aromatic N) is 1. The molecule has 0 unspecified atom stereocenters. The second-order valence-corrected chi connectivity index (χ2v) is 7.07. The van der Waals surface area contributed by atoms with E-state index in [1.54, 1.807) is 0 Å². The molecule has 21 heavy (non-hydrogen) atoms. The fourth-order valence-corrected chi connectivity index (χ4v) is 3.22. The fraction of sp³-hybridized carbons (Fsp3) is 0.500. The molecule has 3 rings (SSSR count). The number of carbonyl (C=O) groups is 1. The number of rotatable bonds is 1. The number of carbonyl (C=O) groups excluding carboxylic acids is 1. The molecule has 0 saturated carbocycles. The molecule has 1 atom stereocenters. The summed E-state index contributed by atoms with van der Waals surface area (Å²) in [6.45, 7) is 8.32. The maximum atomic E-state index is 12.7. The molecule has 0 spiro atoms. The number of para-hydroxylation sites is 1. The van der Waals surface area contributed by atoms with Gasteiger partial charge in [0.2, 0.25) is 5.91 Å². The summed E-state index contributed by atoms with van der Waals surface area (Å²) in [5.74, 6) is 0.232. The van der Waals surface area contributed by atoms with Crippen LogP contribution in [0.15, 0.2) is 35.9 Å². The Morgan fingerprint density at radius 2 is 2.05 bits per heavy atom. The summed E-state index contributed by atoms with van der Waals surface area (Å²) < 4.78 is 0. The van der Waals surface area contributed by atoms with E-state index in [1.807, 2.05) is 17.0 Å². The molecule has 1 N–H and O–H groups in total. The summed E-state index contributed by atoms with van der Waals surface area (Å²) in [5.41, 5.74) is 4.04. The van der Waals surface area contributed by atoms with Crippen LogP contribution in [-0.4, -0.2) is 29.9 Å². The molecule has 1 aromatic carbocycles. The Balaban J connectivity index is 1.65. The maximum absolute atomic E-state index is 12.7. The van der Waals surface area contributed by atoms with Gasteiger partial charge < -0.3 is 10.2 Å². The lowest BCUT2D eigenvalue weighted by atomic mass is 9.83. The van der Waals surface area contributed by atoms with Crippen molar-refractivity contribution in [3.05, 3.63) is 41.5 Å². The van der Waals surface area contributed by atoms with Crippen molar-refractivity contribution in [2.45, 2.75) is 39.7 Å². The van der Waals surface area contributed by atoms with Gasteiger partial charge in [0.15, 0.2) is 0 Å². The Morgan fingerprint density at radius 1 is 1.29 bits per heavy atom. The molecular formula is C18H24N2O. The van der Waals surface area contributed by atoms with Gasteiger partial charge >= 0.3 is 0 Å². The van der Waals surface area contributed by atoms with E-state index in [0.717, 1.165) is 31.6 Å². The quantitative estimate of drug-likeness (QED) is 0.803. The number of hydrogen-bond donors (Lipinski definition) is 1. The van der Waals surface area contributed by atoms with Crippen LogP contribution in [0.2, 0.25) is 0 Å². The van der Waals surface area contributed by atoms with Gasteiger partial charge in [0.1, 0.15) is 6.04 Å². The Kier molecular flexibility index (Phi) is 3.52. The number of benzene rings is 1. The molecule has 0 saturated heterocycles. The molecular weight excluding hydrogens is 260 g/mol. The van der Waals surface area contributed by atoms with Crippen molar-refractivity contribution in [2.24, 2.45) is 5.41 Å². The molecule has 1 aromatic rings. The van der Waals surface area contributed by atoms with Gasteiger partial charge in [0, 0.05) is 25.2 Å². The molecule has 2 heterocycles. The van der Waals surface area contributed by atoms with Crippen molar-refractivity contribution in [3.8, 4) is 0 Å². The van der Waals surface area contributed by atoms with Crippen LogP contribution < -0.4 is 5.32 Å². The van der Waals surface area contributed by atoms with Crippen molar-refractivity contribution in [2.75, 3.05) is 18.4 Å². The van der Waals surface area contributed by atoms with Crippen LogP contribution in [0.1, 0.15) is 32.8 Å². The first kappa shape index (κ1) is 14.2. The summed E-state index contributed by atoms with van der Waals surface area (Å²) >= 11 is 0. The van der Waals surface area contributed by atoms with Gasteiger partial charge in [0.25, 0.3) is 0 Å². The second-order valence-electron chi connectivity index (χ2n) is 7.07. The van der Waals surface area contributed by atoms with Gasteiger partial charge in [-0.15, -0.1) is 0 Å². The zero-order valence-electron chi connectivity index (χ0n) is 13.1. The van der Waals surface area contributed by atoms with Gasteiger partial charge in [-0.2, -0.15) is 0 Å². The third-order valence-electron chi connectivity index (χ3n) is 4.55. The lowest BCUT2D eigenvalue weighted by Gasteiger charge is -2.33. The van der Waals surface area contributed by atoms with E-state index in [2.05, 4.69) is 44.3 Å². The lowest BCUT2D eigenvalue weighted by Crippen LogP contribution is -2.44. The molecule has 0 fully saturated rings. The van der Waals surface area contributed by atoms with Crippen molar-refractivity contribution >= 4 is 11.6 Å². The summed E-state index contributed by atoms with van der Waals surface area (Å²) in [6, 6.07) is 8.11. The highest BCUT2D eigenvalue weighted by Gasteiger charge is 2.31. The van der Waals surface area contributed by atoms with Crippen LogP contribution in [0.25, 0.3) is 0 Å². The van der Waals surface area contributed by atoms with Gasteiger partial charge in [-0.1, -0.05) is 50.6 Å². The minimum Gasteiger partial charge on any atom is -0.373 e. The standard InChI is InChI=1S/C18H24N2O/c1-18(2,3)14-8-10-20(11-9-14)17(21)16-12-13-6-4-5-7-15(13)19-16/h4-8,16,19H,9-12H2,1-3H3/t16-/m0/s1. The van der Waals surface area contributed by atoms with E-state index in [1.165, 1.54) is 11.1 Å². The zero-order chi connectivity index (χ0) is 15.0. The smallest absolute Gasteiger partial charge is 0.245 e. The first-order valence-corrected chi connectivity index (χ1v) is 7.78. The van der Waals surface area contributed by atoms with Crippen LogP contribution >= 0.6 is 0 Å². The van der Waals surface area contributed by atoms with Crippen molar-refractivity contribution < 1.29 is 4.79 Å². The van der Waals surface area contributed by atoms with Crippen molar-refractivity contribution in [1.82, 2.24) is 4.90 Å². The molecule has 112 valence electrons. The average Bonchev–Trinajstić information content (AvgIpc) is 2.89. The number of nitrogens with one attached hydrogen (secondary N) is 1. The number of fused-ring (bicyclic) bond motifs is 1. The summed E-state index contributed by atoms with van der Waals surface area (Å²) in [5, 5.41) is 3.36. The first-order valence-electron chi connectivity index (χ1n) is 7.78. The molecule has 0 bridgehead atoms. The molecule has 0 aliphatic carbocycles. The van der Waals surface area contributed by atoms with Crippen LogP contribution in [0, 0.1) is 5.41 Å². The normalized spacial score (nSPS) is 21.6.